The van der Waals surface area contributed by atoms with Crippen molar-refractivity contribution in [3.63, 3.8) is 0 Å². The third-order valence-electron chi connectivity index (χ3n) is 2.87. The number of nitrogens with zero attached hydrogens (tertiary/aromatic N) is 1. The highest BCUT2D eigenvalue weighted by atomic mass is 16.6. The SMILES string of the molecule is O=C([O-])c1cccc([N+](=O)[O-])c1C(=O)O.[NH3+]c1ccc(C(=O)O)cc1. The van der Waals surface area contributed by atoms with E-state index in [4.69, 9.17) is 10.2 Å². The molecular formula is C15H12N2O8. The summed E-state index contributed by atoms with van der Waals surface area (Å²) in [7, 11) is 0. The van der Waals surface area contributed by atoms with Crippen molar-refractivity contribution in [1.82, 2.24) is 0 Å². The smallest absolute Gasteiger partial charge is 0.343 e. The number of nitro benzene ring substituents is 1. The third-order valence-corrected chi connectivity index (χ3v) is 2.87. The van der Waals surface area contributed by atoms with Crippen LogP contribution < -0.4 is 10.8 Å². The number of quaternary nitrogens is 1. The predicted molar refractivity (Wildman–Crippen MR) is 80.3 cm³/mol. The molecule has 0 heterocycles. The molecule has 0 aliphatic heterocycles. The van der Waals surface area contributed by atoms with Crippen LogP contribution in [0.1, 0.15) is 31.1 Å². The average molecular weight is 348 g/mol. The number of aromatic carboxylic acids is 3. The number of carbonyl (C=O) groups excluding carboxylic acids is 1. The molecule has 0 bridgehead atoms. The molecule has 0 amide bonds. The van der Waals surface area contributed by atoms with E-state index in [0.717, 1.165) is 23.9 Å². The van der Waals surface area contributed by atoms with E-state index in [1.807, 2.05) is 0 Å². The van der Waals surface area contributed by atoms with E-state index in [-0.39, 0.29) is 0 Å². The molecule has 2 aromatic rings. The van der Waals surface area contributed by atoms with Gasteiger partial charge in [0, 0.05) is 11.6 Å². The van der Waals surface area contributed by atoms with E-state index < -0.39 is 39.6 Å². The van der Waals surface area contributed by atoms with Crippen LogP contribution in [-0.2, 0) is 0 Å². The fraction of sp³-hybridized carbons (Fsp3) is 0. The van der Waals surface area contributed by atoms with Gasteiger partial charge in [-0.3, -0.25) is 10.1 Å². The van der Waals surface area contributed by atoms with Crippen LogP contribution in [0, 0.1) is 10.1 Å². The average Bonchev–Trinajstić information content (AvgIpc) is 2.54. The summed E-state index contributed by atoms with van der Waals surface area (Å²) in [5.74, 6) is -4.35. The Morgan fingerprint density at radius 1 is 0.960 bits per heavy atom. The summed E-state index contributed by atoms with van der Waals surface area (Å²) in [4.78, 5) is 40.9. The maximum Gasteiger partial charge on any atom is 0.343 e. The molecule has 0 saturated carbocycles. The Morgan fingerprint density at radius 2 is 1.52 bits per heavy atom. The molecule has 2 rings (SSSR count). The van der Waals surface area contributed by atoms with Crippen molar-refractivity contribution in [2.45, 2.75) is 0 Å². The molecule has 10 nitrogen and oxygen atoms in total. The molecule has 0 atom stereocenters. The van der Waals surface area contributed by atoms with Gasteiger partial charge in [-0.1, -0.05) is 12.1 Å². The lowest BCUT2D eigenvalue weighted by molar-refractivity contribution is -0.385. The lowest BCUT2D eigenvalue weighted by Crippen LogP contribution is -2.39. The molecule has 2 aromatic carbocycles. The number of benzene rings is 2. The van der Waals surface area contributed by atoms with E-state index in [0.29, 0.717) is 5.56 Å². The van der Waals surface area contributed by atoms with Gasteiger partial charge in [0.05, 0.1) is 16.5 Å². The van der Waals surface area contributed by atoms with Crippen LogP contribution in [0.15, 0.2) is 42.5 Å². The van der Waals surface area contributed by atoms with Crippen molar-refractivity contribution in [2.24, 2.45) is 0 Å². The Morgan fingerprint density at radius 3 is 1.92 bits per heavy atom. The van der Waals surface area contributed by atoms with Crippen LogP contribution >= 0.6 is 0 Å². The van der Waals surface area contributed by atoms with Gasteiger partial charge in [-0.05, 0) is 24.3 Å². The van der Waals surface area contributed by atoms with Crippen LogP contribution in [-0.4, -0.2) is 33.0 Å². The first-order chi connectivity index (χ1) is 11.6. The van der Waals surface area contributed by atoms with Gasteiger partial charge < -0.3 is 25.8 Å². The number of carboxylic acid groups (broad SMARTS) is 3. The molecule has 5 N–H and O–H groups in total. The summed E-state index contributed by atoms with van der Waals surface area (Å²) >= 11 is 0. The van der Waals surface area contributed by atoms with Gasteiger partial charge in [0.25, 0.3) is 5.69 Å². The number of hydrogen-bond donors (Lipinski definition) is 3. The highest BCUT2D eigenvalue weighted by molar-refractivity contribution is 6.03. The van der Waals surface area contributed by atoms with Gasteiger partial charge in [-0.25, -0.2) is 9.59 Å². The second-order valence-corrected chi connectivity index (χ2v) is 4.55. The third kappa shape index (κ3) is 5.11. The van der Waals surface area contributed by atoms with E-state index in [1.165, 1.54) is 12.1 Å². The summed E-state index contributed by atoms with van der Waals surface area (Å²) in [6.45, 7) is 0. The van der Waals surface area contributed by atoms with E-state index >= 15 is 0 Å². The van der Waals surface area contributed by atoms with Gasteiger partial charge in [-0.2, -0.15) is 0 Å². The number of nitro groups is 1. The number of hydrogen-bond acceptors (Lipinski definition) is 6. The molecule has 130 valence electrons. The van der Waals surface area contributed by atoms with Gasteiger partial charge in [0.1, 0.15) is 11.3 Å². The van der Waals surface area contributed by atoms with Gasteiger partial charge in [0.15, 0.2) is 0 Å². The van der Waals surface area contributed by atoms with Crippen molar-refractivity contribution in [3.05, 3.63) is 69.3 Å². The summed E-state index contributed by atoms with van der Waals surface area (Å²) < 4.78 is 0. The Bertz CT molecular complexity index is 798. The van der Waals surface area contributed by atoms with Gasteiger partial charge >= 0.3 is 11.9 Å². The van der Waals surface area contributed by atoms with E-state index in [2.05, 4.69) is 5.73 Å². The quantitative estimate of drug-likeness (QED) is 0.505. The zero-order valence-electron chi connectivity index (χ0n) is 12.5. The number of carbonyl (C=O) groups is 3. The van der Waals surface area contributed by atoms with Crippen LogP contribution in [0.3, 0.4) is 0 Å². The second kappa shape index (κ2) is 8.17. The minimum Gasteiger partial charge on any atom is -0.545 e. The standard InChI is InChI=1S/C8H5NO6.C7H7NO2/c10-7(11)4-2-1-3-5(9(14)15)6(4)8(12)13;8-6-3-1-5(2-4-6)7(9)10/h1-3H,(H,10,11)(H,12,13);1-4H,8H2,(H,9,10). The maximum atomic E-state index is 10.7. The lowest BCUT2D eigenvalue weighted by atomic mass is 10.1. The molecule has 0 aromatic heterocycles. The lowest BCUT2D eigenvalue weighted by Gasteiger charge is -2.06. The maximum absolute atomic E-state index is 10.7. The number of rotatable bonds is 4. The second-order valence-electron chi connectivity index (χ2n) is 4.55. The molecular weight excluding hydrogens is 336 g/mol. The fourth-order valence-corrected chi connectivity index (χ4v) is 1.73. The zero-order valence-corrected chi connectivity index (χ0v) is 12.5. The summed E-state index contributed by atoms with van der Waals surface area (Å²) in [5.41, 5.74) is 2.39. The topological polar surface area (TPSA) is 186 Å². The highest BCUT2D eigenvalue weighted by Gasteiger charge is 2.23. The fourth-order valence-electron chi connectivity index (χ4n) is 1.73. The van der Waals surface area contributed by atoms with Crippen molar-refractivity contribution >= 4 is 29.3 Å². The van der Waals surface area contributed by atoms with Crippen molar-refractivity contribution < 1.29 is 40.4 Å². The Labute approximate surface area is 139 Å². The molecule has 0 fully saturated rings. The Hall–Kier alpha value is -3.79. The largest absolute Gasteiger partial charge is 0.545 e. The van der Waals surface area contributed by atoms with Crippen LogP contribution in [0.2, 0.25) is 0 Å². The molecule has 0 unspecified atom stereocenters. The van der Waals surface area contributed by atoms with Crippen molar-refractivity contribution in [3.8, 4) is 0 Å². The minimum atomic E-state index is -1.77. The van der Waals surface area contributed by atoms with Crippen molar-refractivity contribution in [2.75, 3.05) is 0 Å². The minimum absolute atomic E-state index is 0.299. The van der Waals surface area contributed by atoms with Gasteiger partial charge in [-0.15, -0.1) is 0 Å². The van der Waals surface area contributed by atoms with Gasteiger partial charge in [0.2, 0.25) is 0 Å². The predicted octanol–water partition coefficient (Wildman–Crippen LogP) is -0.0853. The van der Waals surface area contributed by atoms with E-state index in [1.54, 1.807) is 12.1 Å². The first-order valence-corrected chi connectivity index (χ1v) is 6.52. The van der Waals surface area contributed by atoms with Crippen molar-refractivity contribution in [1.29, 1.82) is 0 Å². The van der Waals surface area contributed by atoms with Crippen LogP contribution in [0.25, 0.3) is 0 Å². The van der Waals surface area contributed by atoms with Crippen LogP contribution in [0.4, 0.5) is 11.4 Å². The molecule has 0 spiro atoms. The summed E-state index contributed by atoms with van der Waals surface area (Å²) in [6.07, 6.45) is 0. The Balaban J connectivity index is 0.000000271. The normalized spacial score (nSPS) is 9.48. The monoisotopic (exact) mass is 348 g/mol. The number of carboxylic acids is 3. The first-order valence-electron chi connectivity index (χ1n) is 6.52. The zero-order chi connectivity index (χ0) is 19.1. The first kappa shape index (κ1) is 19.3. The van der Waals surface area contributed by atoms with Crippen LogP contribution in [0.5, 0.6) is 0 Å². The molecule has 25 heavy (non-hydrogen) atoms. The molecule has 0 aliphatic rings. The molecule has 0 saturated heterocycles. The molecule has 10 heteroatoms. The highest BCUT2D eigenvalue weighted by Crippen LogP contribution is 2.21. The summed E-state index contributed by atoms with van der Waals surface area (Å²) in [5, 5.41) is 38.0. The Kier molecular flexibility index (Phi) is 6.29. The summed E-state index contributed by atoms with van der Waals surface area (Å²) in [6, 6.07) is 9.33. The van der Waals surface area contributed by atoms with E-state index in [9.17, 15) is 29.6 Å². The molecule has 0 radical (unpaired) electrons. The molecule has 0 aliphatic carbocycles.